The quantitative estimate of drug-likeness (QED) is 0.773. The normalized spacial score (nSPS) is 21.2. The predicted octanol–water partition coefficient (Wildman–Crippen LogP) is 1.73. The van der Waals surface area contributed by atoms with Gasteiger partial charge in [-0.2, -0.15) is 0 Å². The molecule has 1 aromatic heterocycles. The molecule has 1 aliphatic rings. The predicted molar refractivity (Wildman–Crippen MR) is 63.3 cm³/mol. The van der Waals surface area contributed by atoms with Crippen molar-refractivity contribution in [2.45, 2.75) is 38.3 Å². The Morgan fingerprint density at radius 2 is 2.50 bits per heavy atom. The summed E-state index contributed by atoms with van der Waals surface area (Å²) in [7, 11) is 1.75. The van der Waals surface area contributed by atoms with Crippen LogP contribution in [0.2, 0.25) is 0 Å². The Morgan fingerprint density at radius 1 is 1.56 bits per heavy atom. The number of ether oxygens (including phenoxy) is 1. The molecule has 2 heterocycles. The Morgan fingerprint density at radius 3 is 3.25 bits per heavy atom. The lowest BCUT2D eigenvalue weighted by molar-refractivity contribution is 0.189. The molecular formula is C12H21N3O. The van der Waals surface area contributed by atoms with E-state index in [2.05, 4.69) is 14.9 Å². The molecule has 0 saturated carbocycles. The van der Waals surface area contributed by atoms with Crippen molar-refractivity contribution in [2.24, 2.45) is 0 Å². The van der Waals surface area contributed by atoms with Crippen LogP contribution in [0.25, 0.3) is 0 Å². The van der Waals surface area contributed by atoms with E-state index in [4.69, 9.17) is 4.74 Å². The molecule has 0 aliphatic carbocycles. The van der Waals surface area contributed by atoms with Gasteiger partial charge in [0.15, 0.2) is 0 Å². The fraction of sp³-hybridized carbons (Fsp3) is 0.750. The summed E-state index contributed by atoms with van der Waals surface area (Å²) in [5.41, 5.74) is 1.33. The highest BCUT2D eigenvalue weighted by molar-refractivity contribution is 5.06. The van der Waals surface area contributed by atoms with Crippen LogP contribution >= 0.6 is 0 Å². The van der Waals surface area contributed by atoms with E-state index in [0.29, 0.717) is 6.04 Å². The summed E-state index contributed by atoms with van der Waals surface area (Å²) in [4.78, 5) is 4.26. The van der Waals surface area contributed by atoms with E-state index in [9.17, 15) is 0 Å². The Balaban J connectivity index is 1.94. The first-order valence-corrected chi connectivity index (χ1v) is 6.14. The summed E-state index contributed by atoms with van der Waals surface area (Å²) in [5.74, 6) is 0. The molecule has 2 rings (SSSR count). The van der Waals surface area contributed by atoms with Crippen LogP contribution in [-0.4, -0.2) is 29.8 Å². The molecule has 4 heteroatoms. The Kier molecular flexibility index (Phi) is 4.36. The Labute approximate surface area is 97.0 Å². The van der Waals surface area contributed by atoms with Crippen molar-refractivity contribution in [2.75, 3.05) is 20.3 Å². The molecule has 1 saturated heterocycles. The van der Waals surface area contributed by atoms with Crippen LogP contribution in [0.3, 0.4) is 0 Å². The first-order chi connectivity index (χ1) is 7.92. The lowest BCUT2D eigenvalue weighted by Gasteiger charge is -2.24. The van der Waals surface area contributed by atoms with Gasteiger partial charge < -0.3 is 14.6 Å². The van der Waals surface area contributed by atoms with Gasteiger partial charge in [0.2, 0.25) is 0 Å². The number of hydrogen-bond acceptors (Lipinski definition) is 3. The van der Waals surface area contributed by atoms with Crippen molar-refractivity contribution < 1.29 is 4.74 Å². The minimum atomic E-state index is 0.499. The number of aryl methyl sites for hydroxylation is 1. The zero-order valence-electron chi connectivity index (χ0n) is 9.98. The van der Waals surface area contributed by atoms with Gasteiger partial charge in [-0.1, -0.05) is 6.42 Å². The van der Waals surface area contributed by atoms with Gasteiger partial charge in [-0.15, -0.1) is 0 Å². The van der Waals surface area contributed by atoms with Crippen molar-refractivity contribution in [1.82, 2.24) is 14.9 Å². The zero-order chi connectivity index (χ0) is 11.2. The average molecular weight is 223 g/mol. The molecule has 0 bridgehead atoms. The summed E-state index contributed by atoms with van der Waals surface area (Å²) < 4.78 is 7.33. The molecular weight excluding hydrogens is 202 g/mol. The Hall–Kier alpha value is -0.870. The second-order valence-corrected chi connectivity index (χ2v) is 4.36. The molecule has 1 fully saturated rings. The van der Waals surface area contributed by atoms with Crippen LogP contribution in [0.1, 0.15) is 37.4 Å². The van der Waals surface area contributed by atoms with Crippen molar-refractivity contribution in [3.05, 3.63) is 18.2 Å². The van der Waals surface area contributed by atoms with Crippen molar-refractivity contribution in [3.63, 3.8) is 0 Å². The van der Waals surface area contributed by atoms with E-state index in [0.717, 1.165) is 26.1 Å². The van der Waals surface area contributed by atoms with E-state index in [-0.39, 0.29) is 0 Å². The van der Waals surface area contributed by atoms with Gasteiger partial charge in [-0.3, -0.25) is 0 Å². The second-order valence-electron chi connectivity index (χ2n) is 4.36. The van der Waals surface area contributed by atoms with Gasteiger partial charge in [0.1, 0.15) is 0 Å². The molecule has 1 aromatic rings. The van der Waals surface area contributed by atoms with E-state index < -0.39 is 0 Å². The fourth-order valence-electron chi connectivity index (χ4n) is 2.29. The standard InChI is InChI=1S/C12H21N3O/c1-16-8-4-7-15-10-13-9-12(15)11-5-2-3-6-14-11/h9-11,14H,2-8H2,1H3. The van der Waals surface area contributed by atoms with Crippen LogP contribution < -0.4 is 5.32 Å². The van der Waals surface area contributed by atoms with Gasteiger partial charge in [0.05, 0.1) is 12.0 Å². The molecule has 90 valence electrons. The topological polar surface area (TPSA) is 39.1 Å². The van der Waals surface area contributed by atoms with E-state index >= 15 is 0 Å². The molecule has 1 atom stereocenters. The summed E-state index contributed by atoms with van der Waals surface area (Å²) in [6, 6.07) is 0.499. The van der Waals surface area contributed by atoms with Gasteiger partial charge in [0, 0.05) is 32.5 Å². The third-order valence-corrected chi connectivity index (χ3v) is 3.16. The third kappa shape index (κ3) is 2.83. The molecule has 1 unspecified atom stereocenters. The highest BCUT2D eigenvalue weighted by Crippen LogP contribution is 2.22. The lowest BCUT2D eigenvalue weighted by atomic mass is 10.0. The number of piperidine rings is 1. The molecule has 4 nitrogen and oxygen atoms in total. The summed E-state index contributed by atoms with van der Waals surface area (Å²) in [6.45, 7) is 2.95. The van der Waals surface area contributed by atoms with Gasteiger partial charge >= 0.3 is 0 Å². The van der Waals surface area contributed by atoms with Gasteiger partial charge in [-0.05, 0) is 25.8 Å². The van der Waals surface area contributed by atoms with Gasteiger partial charge in [0.25, 0.3) is 0 Å². The number of rotatable bonds is 5. The maximum Gasteiger partial charge on any atom is 0.0948 e. The minimum Gasteiger partial charge on any atom is -0.385 e. The van der Waals surface area contributed by atoms with Gasteiger partial charge in [-0.25, -0.2) is 4.98 Å². The van der Waals surface area contributed by atoms with Crippen LogP contribution in [0.5, 0.6) is 0 Å². The highest BCUT2D eigenvalue weighted by Gasteiger charge is 2.17. The van der Waals surface area contributed by atoms with Crippen molar-refractivity contribution in [3.8, 4) is 0 Å². The maximum atomic E-state index is 5.08. The number of aromatic nitrogens is 2. The maximum absolute atomic E-state index is 5.08. The minimum absolute atomic E-state index is 0.499. The molecule has 0 radical (unpaired) electrons. The largest absolute Gasteiger partial charge is 0.385 e. The number of hydrogen-bond donors (Lipinski definition) is 1. The first kappa shape index (κ1) is 11.6. The number of nitrogens with zero attached hydrogens (tertiary/aromatic N) is 2. The summed E-state index contributed by atoms with van der Waals surface area (Å²) in [6.07, 6.45) is 8.83. The average Bonchev–Trinajstić information content (AvgIpc) is 2.79. The van der Waals surface area contributed by atoms with E-state index in [1.165, 1.54) is 25.0 Å². The molecule has 16 heavy (non-hydrogen) atoms. The highest BCUT2D eigenvalue weighted by atomic mass is 16.5. The number of methoxy groups -OCH3 is 1. The summed E-state index contributed by atoms with van der Waals surface area (Å²) >= 11 is 0. The smallest absolute Gasteiger partial charge is 0.0948 e. The van der Waals surface area contributed by atoms with Crippen LogP contribution in [0.4, 0.5) is 0 Å². The molecule has 1 aliphatic heterocycles. The SMILES string of the molecule is COCCCn1cncc1C1CCCCN1. The molecule has 0 aromatic carbocycles. The van der Waals surface area contributed by atoms with Crippen molar-refractivity contribution in [1.29, 1.82) is 0 Å². The lowest BCUT2D eigenvalue weighted by Crippen LogP contribution is -2.28. The summed E-state index contributed by atoms with van der Waals surface area (Å²) in [5, 5.41) is 3.56. The van der Waals surface area contributed by atoms with Crippen molar-refractivity contribution >= 4 is 0 Å². The van der Waals surface area contributed by atoms with E-state index in [1.807, 2.05) is 12.5 Å². The number of nitrogens with one attached hydrogen (secondary N) is 1. The monoisotopic (exact) mass is 223 g/mol. The molecule has 1 N–H and O–H groups in total. The fourth-order valence-corrected chi connectivity index (χ4v) is 2.29. The third-order valence-electron chi connectivity index (χ3n) is 3.16. The number of imidazole rings is 1. The molecule has 0 amide bonds. The van der Waals surface area contributed by atoms with Crippen LogP contribution in [0, 0.1) is 0 Å². The Bertz CT molecular complexity index is 305. The molecule has 0 spiro atoms. The van der Waals surface area contributed by atoms with E-state index in [1.54, 1.807) is 7.11 Å². The first-order valence-electron chi connectivity index (χ1n) is 6.14. The second kappa shape index (κ2) is 6.01. The zero-order valence-corrected chi connectivity index (χ0v) is 9.98. The van der Waals surface area contributed by atoms with Crippen LogP contribution in [0.15, 0.2) is 12.5 Å². The van der Waals surface area contributed by atoms with Crippen LogP contribution in [-0.2, 0) is 11.3 Å².